The second kappa shape index (κ2) is 10.2. The highest BCUT2D eigenvalue weighted by atomic mass is 32.2. The lowest BCUT2D eigenvalue weighted by atomic mass is 10.1. The fraction of sp³-hybridized carbons (Fsp3) is 0.318. The number of amides is 1. The van der Waals surface area contributed by atoms with Gasteiger partial charge in [-0.1, -0.05) is 36.9 Å². The number of carbonyl (C=O) groups is 1. The number of aromatic nitrogens is 3. The van der Waals surface area contributed by atoms with Gasteiger partial charge in [-0.15, -0.1) is 10.2 Å². The van der Waals surface area contributed by atoms with E-state index in [4.69, 9.17) is 9.47 Å². The Balaban J connectivity index is 1.75. The Kier molecular flexibility index (Phi) is 7.35. The molecule has 0 spiro atoms. The second-order valence-corrected chi connectivity index (χ2v) is 7.44. The Labute approximate surface area is 180 Å². The molecule has 0 radical (unpaired) electrons. The zero-order valence-corrected chi connectivity index (χ0v) is 18.5. The van der Waals surface area contributed by atoms with Crippen LogP contribution < -0.4 is 14.8 Å². The number of thioether (sulfide) groups is 1. The van der Waals surface area contributed by atoms with Crippen molar-refractivity contribution in [3.05, 3.63) is 48.0 Å². The molecule has 0 fully saturated rings. The predicted octanol–water partition coefficient (Wildman–Crippen LogP) is 4.28. The van der Waals surface area contributed by atoms with Crippen LogP contribution in [0.25, 0.3) is 11.4 Å². The third kappa shape index (κ3) is 4.94. The van der Waals surface area contributed by atoms with Crippen molar-refractivity contribution < 1.29 is 14.3 Å². The zero-order valence-electron chi connectivity index (χ0n) is 17.6. The van der Waals surface area contributed by atoms with E-state index < -0.39 is 0 Å². The van der Waals surface area contributed by atoms with Crippen LogP contribution in [0, 0.1) is 0 Å². The minimum absolute atomic E-state index is 0.0730. The molecule has 2 aromatic carbocycles. The maximum absolute atomic E-state index is 12.5. The minimum atomic E-state index is -0.0730. The number of hydrogen-bond donors (Lipinski definition) is 1. The number of hydrogen-bond acceptors (Lipinski definition) is 6. The lowest BCUT2D eigenvalue weighted by Gasteiger charge is -2.11. The van der Waals surface area contributed by atoms with Crippen LogP contribution in [-0.4, -0.2) is 40.6 Å². The molecule has 0 atom stereocenters. The highest BCUT2D eigenvalue weighted by Crippen LogP contribution is 2.31. The van der Waals surface area contributed by atoms with Crippen LogP contribution in [0.3, 0.4) is 0 Å². The van der Waals surface area contributed by atoms with E-state index in [1.807, 2.05) is 54.0 Å². The molecule has 1 amide bonds. The molecule has 0 unspecified atom stereocenters. The Bertz CT molecular complexity index is 997. The monoisotopic (exact) mass is 426 g/mol. The van der Waals surface area contributed by atoms with Crippen LogP contribution in [0.15, 0.2) is 47.6 Å². The average molecular weight is 427 g/mol. The van der Waals surface area contributed by atoms with E-state index in [1.165, 1.54) is 11.8 Å². The van der Waals surface area contributed by atoms with E-state index in [0.717, 1.165) is 23.2 Å². The van der Waals surface area contributed by atoms with Crippen LogP contribution in [0.2, 0.25) is 0 Å². The summed E-state index contributed by atoms with van der Waals surface area (Å²) in [7, 11) is 3.22. The summed E-state index contributed by atoms with van der Waals surface area (Å²) < 4.78 is 12.7. The molecule has 0 aliphatic carbocycles. The second-order valence-electron chi connectivity index (χ2n) is 6.50. The Morgan fingerprint density at radius 3 is 2.40 bits per heavy atom. The van der Waals surface area contributed by atoms with Crippen molar-refractivity contribution in [2.24, 2.45) is 0 Å². The number of nitrogens with one attached hydrogen (secondary N) is 1. The Hall–Kier alpha value is -3.00. The third-order valence-electron chi connectivity index (χ3n) is 4.65. The quantitative estimate of drug-likeness (QED) is 0.515. The van der Waals surface area contributed by atoms with Gasteiger partial charge in [0.15, 0.2) is 11.0 Å². The molecule has 8 heteroatoms. The predicted molar refractivity (Wildman–Crippen MR) is 119 cm³/mol. The molecule has 1 heterocycles. The number of benzene rings is 2. The third-order valence-corrected chi connectivity index (χ3v) is 5.61. The van der Waals surface area contributed by atoms with Crippen molar-refractivity contribution in [3.63, 3.8) is 0 Å². The summed E-state index contributed by atoms with van der Waals surface area (Å²) >= 11 is 1.36. The number of methoxy groups -OCH3 is 2. The van der Waals surface area contributed by atoms with E-state index in [0.29, 0.717) is 29.0 Å². The van der Waals surface area contributed by atoms with Gasteiger partial charge in [0.1, 0.15) is 11.5 Å². The first-order valence-corrected chi connectivity index (χ1v) is 10.7. The first-order valence-electron chi connectivity index (χ1n) is 9.76. The summed E-state index contributed by atoms with van der Waals surface area (Å²) in [5.41, 5.74) is 2.81. The van der Waals surface area contributed by atoms with Gasteiger partial charge < -0.3 is 19.4 Å². The van der Waals surface area contributed by atoms with Crippen molar-refractivity contribution in [1.29, 1.82) is 0 Å². The van der Waals surface area contributed by atoms with E-state index in [9.17, 15) is 4.79 Å². The average Bonchev–Trinajstić information content (AvgIpc) is 3.20. The first-order chi connectivity index (χ1) is 14.6. The fourth-order valence-corrected chi connectivity index (χ4v) is 3.90. The molecular weight excluding hydrogens is 400 g/mol. The number of para-hydroxylation sites is 1. The minimum Gasteiger partial charge on any atom is -0.497 e. The summed E-state index contributed by atoms with van der Waals surface area (Å²) in [5.74, 6) is 2.24. The first kappa shape index (κ1) is 21.7. The Morgan fingerprint density at radius 2 is 1.77 bits per heavy atom. The normalized spacial score (nSPS) is 10.7. The number of ether oxygens (including phenoxy) is 2. The molecule has 0 bridgehead atoms. The number of rotatable bonds is 9. The molecule has 0 aliphatic heterocycles. The van der Waals surface area contributed by atoms with E-state index in [2.05, 4.69) is 22.4 Å². The molecule has 3 aromatic rings. The number of nitrogens with zero attached hydrogens (tertiary/aromatic N) is 3. The maximum Gasteiger partial charge on any atom is 0.234 e. The van der Waals surface area contributed by atoms with Gasteiger partial charge in [0, 0.05) is 23.9 Å². The van der Waals surface area contributed by atoms with Gasteiger partial charge in [0.2, 0.25) is 5.91 Å². The topological polar surface area (TPSA) is 78.3 Å². The molecule has 3 rings (SSSR count). The van der Waals surface area contributed by atoms with E-state index in [1.54, 1.807) is 14.2 Å². The fourth-order valence-electron chi connectivity index (χ4n) is 3.10. The SMILES string of the molecule is CCc1ccccc1NC(=O)CSc1nnc(-c2cc(OC)cc(OC)c2)n1CC. The summed E-state index contributed by atoms with van der Waals surface area (Å²) in [6.07, 6.45) is 0.862. The van der Waals surface area contributed by atoms with Crippen LogP contribution in [0.4, 0.5) is 5.69 Å². The lowest BCUT2D eigenvalue weighted by molar-refractivity contribution is -0.113. The highest BCUT2D eigenvalue weighted by Gasteiger charge is 2.16. The van der Waals surface area contributed by atoms with Gasteiger partial charge in [-0.05, 0) is 37.1 Å². The maximum atomic E-state index is 12.5. The number of aryl methyl sites for hydroxylation is 1. The smallest absolute Gasteiger partial charge is 0.234 e. The van der Waals surface area contributed by atoms with Gasteiger partial charge in [0.25, 0.3) is 0 Å². The van der Waals surface area contributed by atoms with E-state index >= 15 is 0 Å². The molecule has 0 saturated carbocycles. The van der Waals surface area contributed by atoms with Crippen molar-refractivity contribution in [2.45, 2.75) is 32.0 Å². The van der Waals surface area contributed by atoms with Gasteiger partial charge in [-0.2, -0.15) is 0 Å². The van der Waals surface area contributed by atoms with Gasteiger partial charge in [0.05, 0.1) is 20.0 Å². The van der Waals surface area contributed by atoms with Crippen LogP contribution in [0.1, 0.15) is 19.4 Å². The summed E-state index contributed by atoms with van der Waals surface area (Å²) in [4.78, 5) is 12.5. The molecular formula is C22H26N4O3S. The summed E-state index contributed by atoms with van der Waals surface area (Å²) in [6, 6.07) is 13.4. The van der Waals surface area contributed by atoms with Crippen molar-refractivity contribution in [2.75, 3.05) is 25.3 Å². The molecule has 30 heavy (non-hydrogen) atoms. The van der Waals surface area contributed by atoms with Crippen molar-refractivity contribution in [1.82, 2.24) is 14.8 Å². The molecule has 0 aliphatic rings. The van der Waals surface area contributed by atoms with Crippen LogP contribution >= 0.6 is 11.8 Å². The molecule has 0 saturated heterocycles. The van der Waals surface area contributed by atoms with Crippen LogP contribution in [-0.2, 0) is 17.8 Å². The molecule has 7 nitrogen and oxygen atoms in total. The van der Waals surface area contributed by atoms with E-state index in [-0.39, 0.29) is 11.7 Å². The van der Waals surface area contributed by atoms with Crippen LogP contribution in [0.5, 0.6) is 11.5 Å². The largest absolute Gasteiger partial charge is 0.497 e. The van der Waals surface area contributed by atoms with Gasteiger partial charge >= 0.3 is 0 Å². The lowest BCUT2D eigenvalue weighted by Crippen LogP contribution is -2.15. The zero-order chi connectivity index (χ0) is 21.5. The van der Waals surface area contributed by atoms with Gasteiger partial charge in [-0.3, -0.25) is 4.79 Å². The molecule has 1 aromatic heterocycles. The summed E-state index contributed by atoms with van der Waals surface area (Å²) in [5, 5.41) is 12.3. The van der Waals surface area contributed by atoms with Crippen molar-refractivity contribution >= 4 is 23.4 Å². The molecule has 1 N–H and O–H groups in total. The molecule has 158 valence electrons. The van der Waals surface area contributed by atoms with Crippen molar-refractivity contribution in [3.8, 4) is 22.9 Å². The number of anilines is 1. The standard InChI is InChI=1S/C22H26N4O3S/c1-5-15-9-7-8-10-19(15)23-20(27)14-30-22-25-24-21(26(22)6-2)16-11-17(28-3)13-18(12-16)29-4/h7-13H,5-6,14H2,1-4H3,(H,23,27). The van der Waals surface area contributed by atoms with Gasteiger partial charge in [-0.25, -0.2) is 0 Å². The summed E-state index contributed by atoms with van der Waals surface area (Å²) in [6.45, 7) is 4.76. The Morgan fingerprint density at radius 1 is 1.07 bits per heavy atom. The highest BCUT2D eigenvalue weighted by molar-refractivity contribution is 7.99. The number of carbonyl (C=O) groups excluding carboxylic acids is 1.